The van der Waals surface area contributed by atoms with Crippen LogP contribution in [0.3, 0.4) is 0 Å². The monoisotopic (exact) mass is 285 g/mol. The molecule has 116 valence electrons. The highest BCUT2D eigenvalue weighted by molar-refractivity contribution is 5.76. The first-order chi connectivity index (χ1) is 9.28. The molecule has 0 spiro atoms. The Morgan fingerprint density at radius 3 is 2.40 bits per heavy atom. The minimum atomic E-state index is -0.859. The first kappa shape index (κ1) is 16.8. The van der Waals surface area contributed by atoms with Gasteiger partial charge in [0, 0.05) is 12.6 Å². The molecule has 20 heavy (non-hydrogen) atoms. The molecule has 0 bridgehead atoms. The fourth-order valence-electron chi connectivity index (χ4n) is 2.40. The number of hydrogen-bond acceptors (Lipinski definition) is 3. The van der Waals surface area contributed by atoms with Gasteiger partial charge < -0.3 is 21.1 Å². The minimum absolute atomic E-state index is 0.0732. The van der Waals surface area contributed by atoms with Crippen molar-refractivity contribution in [1.29, 1.82) is 0 Å². The van der Waals surface area contributed by atoms with Crippen LogP contribution in [0.1, 0.15) is 40.0 Å². The lowest BCUT2D eigenvalue weighted by Crippen LogP contribution is -2.48. The summed E-state index contributed by atoms with van der Waals surface area (Å²) in [7, 11) is 0. The van der Waals surface area contributed by atoms with Crippen molar-refractivity contribution in [3.8, 4) is 0 Å². The third-order valence-corrected chi connectivity index (χ3v) is 3.39. The fraction of sp³-hybridized carbons (Fsp3) is 0.857. The second-order valence-electron chi connectivity index (χ2n) is 6.68. The first-order valence-electron chi connectivity index (χ1n) is 7.26. The molecule has 6 heteroatoms. The molecule has 1 aliphatic heterocycles. The van der Waals surface area contributed by atoms with Crippen LogP contribution in [0.5, 0.6) is 0 Å². The van der Waals surface area contributed by atoms with Gasteiger partial charge >= 0.3 is 12.0 Å². The van der Waals surface area contributed by atoms with Gasteiger partial charge in [-0.25, -0.2) is 4.79 Å². The van der Waals surface area contributed by atoms with Crippen LogP contribution < -0.4 is 16.0 Å². The number of carbonyl (C=O) groups excluding carboxylic acids is 1. The van der Waals surface area contributed by atoms with Gasteiger partial charge in [0.2, 0.25) is 0 Å². The number of piperidine rings is 1. The summed E-state index contributed by atoms with van der Waals surface area (Å²) in [6, 6.07) is -0.0841. The summed E-state index contributed by atoms with van der Waals surface area (Å²) in [5.41, 5.74) is -0.0732. The van der Waals surface area contributed by atoms with Crippen LogP contribution in [0.15, 0.2) is 0 Å². The number of carboxylic acids is 1. The molecule has 1 rings (SSSR count). The van der Waals surface area contributed by atoms with Gasteiger partial charge in [-0.05, 0) is 37.8 Å². The average molecular weight is 285 g/mol. The first-order valence-corrected chi connectivity index (χ1v) is 7.26. The maximum Gasteiger partial charge on any atom is 0.315 e. The summed E-state index contributed by atoms with van der Waals surface area (Å²) in [4.78, 5) is 23.0. The van der Waals surface area contributed by atoms with Gasteiger partial charge in [-0.3, -0.25) is 4.79 Å². The van der Waals surface area contributed by atoms with Crippen LogP contribution >= 0.6 is 0 Å². The van der Waals surface area contributed by atoms with E-state index in [1.165, 1.54) is 0 Å². The molecule has 0 saturated carbocycles. The van der Waals surface area contributed by atoms with Gasteiger partial charge in [0.05, 0.1) is 5.92 Å². The molecule has 1 saturated heterocycles. The molecule has 1 atom stereocenters. The maximum atomic E-state index is 11.8. The standard InChI is InChI=1S/C14H27N3O3/c1-14(2,3)8-10(12(18)19)9-16-13(20)17-11-4-6-15-7-5-11/h10-11,15H,4-9H2,1-3H3,(H,18,19)(H2,16,17,20). The smallest absolute Gasteiger partial charge is 0.315 e. The van der Waals surface area contributed by atoms with E-state index in [1.807, 2.05) is 20.8 Å². The molecule has 6 nitrogen and oxygen atoms in total. The fourth-order valence-corrected chi connectivity index (χ4v) is 2.40. The highest BCUT2D eigenvalue weighted by atomic mass is 16.4. The Bertz CT molecular complexity index is 333. The van der Waals surface area contributed by atoms with Crippen molar-refractivity contribution in [2.24, 2.45) is 11.3 Å². The number of nitrogens with one attached hydrogen (secondary N) is 3. The Balaban J connectivity index is 2.34. The van der Waals surface area contributed by atoms with Gasteiger partial charge in [0.25, 0.3) is 0 Å². The number of amides is 2. The topological polar surface area (TPSA) is 90.5 Å². The molecule has 1 fully saturated rings. The highest BCUT2D eigenvalue weighted by Crippen LogP contribution is 2.24. The largest absolute Gasteiger partial charge is 0.481 e. The Labute approximate surface area is 120 Å². The number of carbonyl (C=O) groups is 2. The molecular weight excluding hydrogens is 258 g/mol. The van der Waals surface area contributed by atoms with Gasteiger partial charge in [-0.1, -0.05) is 20.8 Å². The number of aliphatic carboxylic acids is 1. The normalized spacial score (nSPS) is 18.4. The van der Waals surface area contributed by atoms with Crippen molar-refractivity contribution >= 4 is 12.0 Å². The van der Waals surface area contributed by atoms with E-state index in [4.69, 9.17) is 0 Å². The average Bonchev–Trinajstić information content (AvgIpc) is 2.34. The van der Waals surface area contributed by atoms with Crippen molar-refractivity contribution in [2.75, 3.05) is 19.6 Å². The highest BCUT2D eigenvalue weighted by Gasteiger charge is 2.25. The number of rotatable bonds is 5. The third kappa shape index (κ3) is 6.75. The lowest BCUT2D eigenvalue weighted by Gasteiger charge is -2.25. The molecule has 1 unspecified atom stereocenters. The van der Waals surface area contributed by atoms with E-state index in [-0.39, 0.29) is 24.0 Å². The van der Waals surface area contributed by atoms with Crippen molar-refractivity contribution < 1.29 is 14.7 Å². The van der Waals surface area contributed by atoms with Crippen LogP contribution in [0.25, 0.3) is 0 Å². The van der Waals surface area contributed by atoms with E-state index in [0.717, 1.165) is 25.9 Å². The van der Waals surface area contributed by atoms with Gasteiger partial charge in [-0.15, -0.1) is 0 Å². The second-order valence-corrected chi connectivity index (χ2v) is 6.68. The lowest BCUT2D eigenvalue weighted by atomic mass is 9.84. The van der Waals surface area contributed by atoms with Gasteiger partial charge in [-0.2, -0.15) is 0 Å². The quantitative estimate of drug-likeness (QED) is 0.610. The van der Waals surface area contributed by atoms with E-state index in [0.29, 0.717) is 6.42 Å². The van der Waals surface area contributed by atoms with Crippen LogP contribution in [0.4, 0.5) is 4.79 Å². The van der Waals surface area contributed by atoms with Crippen molar-refractivity contribution in [2.45, 2.75) is 46.1 Å². The summed E-state index contributed by atoms with van der Waals surface area (Å²) < 4.78 is 0. The minimum Gasteiger partial charge on any atom is -0.481 e. The number of carboxylic acid groups (broad SMARTS) is 1. The molecule has 0 aliphatic carbocycles. The second kappa shape index (κ2) is 7.47. The summed E-state index contributed by atoms with van der Waals surface area (Å²) in [5, 5.41) is 18.0. The van der Waals surface area contributed by atoms with Crippen molar-refractivity contribution in [3.05, 3.63) is 0 Å². The van der Waals surface area contributed by atoms with Crippen LogP contribution in [0, 0.1) is 11.3 Å². The molecule has 2 amide bonds. The molecule has 0 radical (unpaired) electrons. The zero-order chi connectivity index (χ0) is 15.2. The van der Waals surface area contributed by atoms with Gasteiger partial charge in [0.1, 0.15) is 0 Å². The van der Waals surface area contributed by atoms with Crippen molar-refractivity contribution in [1.82, 2.24) is 16.0 Å². The van der Waals surface area contributed by atoms with E-state index >= 15 is 0 Å². The molecular formula is C14H27N3O3. The van der Waals surface area contributed by atoms with E-state index in [1.54, 1.807) is 0 Å². The number of urea groups is 1. The van der Waals surface area contributed by atoms with E-state index < -0.39 is 11.9 Å². The Morgan fingerprint density at radius 2 is 1.90 bits per heavy atom. The van der Waals surface area contributed by atoms with Crippen LogP contribution in [-0.2, 0) is 4.79 Å². The summed E-state index contributed by atoms with van der Waals surface area (Å²) in [5.74, 6) is -1.41. The molecule has 0 aromatic rings. The van der Waals surface area contributed by atoms with E-state index in [9.17, 15) is 14.7 Å². The summed E-state index contributed by atoms with van der Waals surface area (Å²) >= 11 is 0. The lowest BCUT2D eigenvalue weighted by molar-refractivity contribution is -0.142. The van der Waals surface area contributed by atoms with Crippen molar-refractivity contribution in [3.63, 3.8) is 0 Å². The molecule has 1 aliphatic rings. The molecule has 1 heterocycles. The Hall–Kier alpha value is -1.30. The molecule has 4 N–H and O–H groups in total. The van der Waals surface area contributed by atoms with Gasteiger partial charge in [0.15, 0.2) is 0 Å². The third-order valence-electron chi connectivity index (χ3n) is 3.39. The summed E-state index contributed by atoms with van der Waals surface area (Å²) in [6.07, 6.45) is 2.37. The summed E-state index contributed by atoms with van der Waals surface area (Å²) in [6.45, 7) is 7.98. The predicted octanol–water partition coefficient (Wildman–Crippen LogP) is 1.17. The zero-order valence-electron chi connectivity index (χ0n) is 12.7. The molecule has 0 aromatic carbocycles. The number of hydrogen-bond donors (Lipinski definition) is 4. The Morgan fingerprint density at radius 1 is 1.30 bits per heavy atom. The van der Waals surface area contributed by atoms with Crippen LogP contribution in [0.2, 0.25) is 0 Å². The van der Waals surface area contributed by atoms with E-state index in [2.05, 4.69) is 16.0 Å². The zero-order valence-corrected chi connectivity index (χ0v) is 12.7. The predicted molar refractivity (Wildman–Crippen MR) is 77.6 cm³/mol. The maximum absolute atomic E-state index is 11.8. The SMILES string of the molecule is CC(C)(C)CC(CNC(=O)NC1CCNCC1)C(=O)O. The van der Waals surface area contributed by atoms with Crippen LogP contribution in [-0.4, -0.2) is 42.8 Å². The Kier molecular flexibility index (Phi) is 6.26. The molecule has 0 aromatic heterocycles.